The van der Waals surface area contributed by atoms with E-state index in [0.29, 0.717) is 5.92 Å². The normalized spacial score (nSPS) is 25.6. The standard InChI is InChI=1S/C18H21N3O2.ClH/c22-17(18-8-2-1-3-14(18)9-19-11-18)21-15-6-4-13(5-7-15)16-10-20-12-23-16;/h4-7,10,12,14,19H,1-3,8-9,11H2,(H,21,22);1H/t14-,18+;/m0./s1. The summed E-state index contributed by atoms with van der Waals surface area (Å²) in [6.45, 7) is 1.78. The van der Waals surface area contributed by atoms with E-state index in [0.717, 1.165) is 49.4 Å². The van der Waals surface area contributed by atoms with Crippen LogP contribution in [-0.2, 0) is 4.79 Å². The van der Waals surface area contributed by atoms with E-state index >= 15 is 0 Å². The van der Waals surface area contributed by atoms with E-state index in [9.17, 15) is 4.79 Å². The Morgan fingerprint density at radius 3 is 2.88 bits per heavy atom. The van der Waals surface area contributed by atoms with Gasteiger partial charge in [-0.1, -0.05) is 12.8 Å². The molecular formula is C18H22ClN3O2. The lowest BCUT2D eigenvalue weighted by Crippen LogP contribution is -2.44. The summed E-state index contributed by atoms with van der Waals surface area (Å²) in [6, 6.07) is 7.73. The number of aromatic nitrogens is 1. The fourth-order valence-corrected chi connectivity index (χ4v) is 4.02. The molecular weight excluding hydrogens is 326 g/mol. The van der Waals surface area contributed by atoms with E-state index in [1.807, 2.05) is 24.3 Å². The number of fused-ring (bicyclic) bond motifs is 1. The molecule has 1 saturated carbocycles. The minimum atomic E-state index is -0.220. The molecule has 1 aromatic carbocycles. The van der Waals surface area contributed by atoms with Crippen LogP contribution in [0.15, 0.2) is 41.3 Å². The quantitative estimate of drug-likeness (QED) is 0.892. The molecule has 0 spiro atoms. The summed E-state index contributed by atoms with van der Waals surface area (Å²) in [5.74, 6) is 1.37. The number of anilines is 1. The lowest BCUT2D eigenvalue weighted by Gasteiger charge is -2.37. The van der Waals surface area contributed by atoms with Gasteiger partial charge in [0.15, 0.2) is 12.2 Å². The van der Waals surface area contributed by atoms with Crippen molar-refractivity contribution in [1.29, 1.82) is 0 Å². The summed E-state index contributed by atoms with van der Waals surface area (Å²) < 4.78 is 5.28. The molecule has 0 radical (unpaired) electrons. The third-order valence-corrected chi connectivity index (χ3v) is 5.35. The van der Waals surface area contributed by atoms with Crippen LogP contribution in [0.3, 0.4) is 0 Å². The van der Waals surface area contributed by atoms with Crippen molar-refractivity contribution >= 4 is 24.0 Å². The molecule has 1 aliphatic carbocycles. The lowest BCUT2D eigenvalue weighted by molar-refractivity contribution is -0.128. The maximum absolute atomic E-state index is 12.9. The number of nitrogens with one attached hydrogen (secondary N) is 2. The van der Waals surface area contributed by atoms with Gasteiger partial charge in [0, 0.05) is 17.8 Å². The molecule has 0 unspecified atom stereocenters. The van der Waals surface area contributed by atoms with Crippen molar-refractivity contribution in [1.82, 2.24) is 10.3 Å². The van der Waals surface area contributed by atoms with Crippen molar-refractivity contribution in [3.05, 3.63) is 36.9 Å². The first-order valence-corrected chi connectivity index (χ1v) is 8.29. The number of rotatable bonds is 3. The summed E-state index contributed by atoms with van der Waals surface area (Å²) in [5.41, 5.74) is 1.57. The highest BCUT2D eigenvalue weighted by atomic mass is 35.5. The van der Waals surface area contributed by atoms with E-state index in [1.54, 1.807) is 6.20 Å². The Morgan fingerprint density at radius 2 is 2.12 bits per heavy atom. The minimum Gasteiger partial charge on any atom is -0.444 e. The Hall–Kier alpha value is -1.85. The lowest BCUT2D eigenvalue weighted by atomic mass is 9.67. The number of nitrogens with zero attached hydrogens (tertiary/aromatic N) is 1. The second-order valence-corrected chi connectivity index (χ2v) is 6.63. The van der Waals surface area contributed by atoms with Crippen molar-refractivity contribution in [3.63, 3.8) is 0 Å². The average Bonchev–Trinajstić information content (AvgIpc) is 3.25. The van der Waals surface area contributed by atoms with Crippen molar-refractivity contribution in [2.75, 3.05) is 18.4 Å². The van der Waals surface area contributed by atoms with Crippen LogP contribution in [0, 0.1) is 11.3 Å². The zero-order chi connectivity index (χ0) is 15.7. The Labute approximate surface area is 147 Å². The molecule has 6 heteroatoms. The zero-order valence-electron chi connectivity index (χ0n) is 13.5. The molecule has 2 fully saturated rings. The van der Waals surface area contributed by atoms with Gasteiger partial charge in [0.05, 0.1) is 11.6 Å². The third-order valence-electron chi connectivity index (χ3n) is 5.35. The van der Waals surface area contributed by atoms with Gasteiger partial charge in [0.25, 0.3) is 0 Å². The van der Waals surface area contributed by atoms with Crippen LogP contribution in [0.25, 0.3) is 11.3 Å². The summed E-state index contributed by atoms with van der Waals surface area (Å²) in [7, 11) is 0. The Bertz CT molecular complexity index is 687. The van der Waals surface area contributed by atoms with Crippen LogP contribution >= 0.6 is 12.4 Å². The van der Waals surface area contributed by atoms with Gasteiger partial charge in [-0.15, -0.1) is 12.4 Å². The highest BCUT2D eigenvalue weighted by Gasteiger charge is 2.49. The molecule has 24 heavy (non-hydrogen) atoms. The van der Waals surface area contributed by atoms with E-state index < -0.39 is 0 Å². The third kappa shape index (κ3) is 2.94. The van der Waals surface area contributed by atoms with Crippen molar-refractivity contribution in [3.8, 4) is 11.3 Å². The first-order chi connectivity index (χ1) is 11.3. The van der Waals surface area contributed by atoms with Gasteiger partial charge in [-0.05, 0) is 49.6 Å². The van der Waals surface area contributed by atoms with Crippen LogP contribution in [0.2, 0.25) is 0 Å². The van der Waals surface area contributed by atoms with Gasteiger partial charge >= 0.3 is 0 Å². The highest BCUT2D eigenvalue weighted by Crippen LogP contribution is 2.44. The molecule has 2 atom stereocenters. The SMILES string of the molecule is Cl.O=C(Nc1ccc(-c2cnco2)cc1)[C@@]12CCCC[C@H]1CNC2. The second-order valence-electron chi connectivity index (χ2n) is 6.63. The molecule has 1 aromatic heterocycles. The minimum absolute atomic E-state index is 0. The predicted molar refractivity (Wildman–Crippen MR) is 95.1 cm³/mol. The number of amides is 1. The van der Waals surface area contributed by atoms with E-state index in [2.05, 4.69) is 15.6 Å². The zero-order valence-corrected chi connectivity index (χ0v) is 14.3. The Kier molecular flexibility index (Phi) is 4.92. The molecule has 1 saturated heterocycles. The van der Waals surface area contributed by atoms with Crippen LogP contribution in [0.5, 0.6) is 0 Å². The number of carbonyl (C=O) groups is 1. The molecule has 128 valence electrons. The first kappa shape index (κ1) is 17.0. The average molecular weight is 348 g/mol. The van der Waals surface area contributed by atoms with Crippen molar-refractivity contribution in [2.45, 2.75) is 25.7 Å². The van der Waals surface area contributed by atoms with Crippen LogP contribution in [-0.4, -0.2) is 24.0 Å². The van der Waals surface area contributed by atoms with Crippen molar-refractivity contribution in [2.24, 2.45) is 11.3 Å². The number of oxazole rings is 1. The summed E-state index contributed by atoms with van der Waals surface area (Å²) in [4.78, 5) is 16.8. The second kappa shape index (κ2) is 6.95. The van der Waals surface area contributed by atoms with Crippen LogP contribution < -0.4 is 10.6 Å². The van der Waals surface area contributed by atoms with Gasteiger partial charge in [0.2, 0.25) is 5.91 Å². The molecule has 2 N–H and O–H groups in total. The fourth-order valence-electron chi connectivity index (χ4n) is 4.02. The fraction of sp³-hybridized carbons (Fsp3) is 0.444. The highest BCUT2D eigenvalue weighted by molar-refractivity contribution is 5.96. The first-order valence-electron chi connectivity index (χ1n) is 8.29. The van der Waals surface area contributed by atoms with Gasteiger partial charge < -0.3 is 15.1 Å². The number of hydrogen-bond acceptors (Lipinski definition) is 4. The van der Waals surface area contributed by atoms with Gasteiger partial charge in [-0.2, -0.15) is 0 Å². The summed E-state index contributed by atoms with van der Waals surface area (Å²) in [5, 5.41) is 6.54. The summed E-state index contributed by atoms with van der Waals surface area (Å²) in [6.07, 6.45) is 7.64. The number of hydrogen-bond donors (Lipinski definition) is 2. The molecule has 4 rings (SSSR count). The molecule has 2 heterocycles. The number of benzene rings is 1. The van der Waals surface area contributed by atoms with Gasteiger partial charge in [-0.25, -0.2) is 4.98 Å². The molecule has 5 nitrogen and oxygen atoms in total. The maximum Gasteiger partial charge on any atom is 0.232 e. The molecule has 0 bridgehead atoms. The topological polar surface area (TPSA) is 67.2 Å². The smallest absolute Gasteiger partial charge is 0.232 e. The predicted octanol–water partition coefficient (Wildman–Crippen LogP) is 3.48. The molecule has 2 aliphatic rings. The maximum atomic E-state index is 12.9. The van der Waals surface area contributed by atoms with Gasteiger partial charge in [-0.3, -0.25) is 4.79 Å². The molecule has 1 amide bonds. The van der Waals surface area contributed by atoms with E-state index in [1.165, 1.54) is 12.8 Å². The van der Waals surface area contributed by atoms with E-state index in [-0.39, 0.29) is 23.7 Å². The monoisotopic (exact) mass is 347 g/mol. The summed E-state index contributed by atoms with van der Waals surface area (Å²) >= 11 is 0. The van der Waals surface area contributed by atoms with Crippen molar-refractivity contribution < 1.29 is 9.21 Å². The Balaban J connectivity index is 0.00000169. The van der Waals surface area contributed by atoms with E-state index in [4.69, 9.17) is 4.42 Å². The molecule has 1 aliphatic heterocycles. The molecule has 2 aromatic rings. The number of carbonyl (C=O) groups excluding carboxylic acids is 1. The largest absolute Gasteiger partial charge is 0.444 e. The van der Waals surface area contributed by atoms with Crippen LogP contribution in [0.4, 0.5) is 5.69 Å². The van der Waals surface area contributed by atoms with Crippen LogP contribution in [0.1, 0.15) is 25.7 Å². The number of halogens is 1. The Morgan fingerprint density at radius 1 is 1.29 bits per heavy atom. The van der Waals surface area contributed by atoms with Gasteiger partial charge in [0.1, 0.15) is 0 Å².